The van der Waals surface area contributed by atoms with Gasteiger partial charge in [0.15, 0.2) is 11.6 Å². The molecule has 1 rings (SSSR count). The predicted octanol–water partition coefficient (Wildman–Crippen LogP) is 1.57. The number of rotatable bonds is 2. The van der Waals surface area contributed by atoms with Crippen molar-refractivity contribution in [1.29, 1.82) is 0 Å². The van der Waals surface area contributed by atoms with E-state index in [2.05, 4.69) is 0 Å². The fraction of sp³-hybridized carbons (Fsp3) is 0.333. The van der Waals surface area contributed by atoms with Gasteiger partial charge in [-0.1, -0.05) is 11.6 Å². The first-order chi connectivity index (χ1) is 6.43. The van der Waals surface area contributed by atoms with Crippen molar-refractivity contribution < 1.29 is 14.6 Å². The van der Waals surface area contributed by atoms with Gasteiger partial charge in [0.05, 0.1) is 11.1 Å². The molecule has 0 fully saturated rings. The number of phenols is 1. The van der Waals surface area contributed by atoms with E-state index in [0.717, 1.165) is 6.07 Å². The van der Waals surface area contributed by atoms with Gasteiger partial charge in [-0.25, -0.2) is 4.39 Å². The summed E-state index contributed by atoms with van der Waals surface area (Å²) in [6.45, 7) is 1.59. The Labute approximate surface area is 85.9 Å². The molecule has 0 unspecified atom stereocenters. The highest BCUT2D eigenvalue weighted by Gasteiger charge is 2.16. The molecule has 14 heavy (non-hydrogen) atoms. The first-order valence-corrected chi connectivity index (χ1v) is 4.43. The molecule has 0 spiro atoms. The number of benzene rings is 1. The van der Waals surface area contributed by atoms with Crippen molar-refractivity contribution in [2.24, 2.45) is 5.73 Å². The van der Waals surface area contributed by atoms with E-state index in [0.29, 0.717) is 0 Å². The number of hydrogen-bond donors (Lipinski definition) is 3. The lowest BCUT2D eigenvalue weighted by Crippen LogP contribution is -2.24. The molecule has 0 amide bonds. The molecule has 0 aliphatic rings. The van der Waals surface area contributed by atoms with Crippen LogP contribution in [0.5, 0.6) is 5.75 Å². The van der Waals surface area contributed by atoms with E-state index in [9.17, 15) is 9.50 Å². The monoisotopic (exact) mass is 219 g/mol. The third kappa shape index (κ3) is 2.15. The number of aliphatic hydroxyl groups excluding tert-OH is 1. The minimum absolute atomic E-state index is 0.139. The van der Waals surface area contributed by atoms with Crippen LogP contribution in [-0.2, 0) is 0 Å². The molecule has 0 aliphatic carbocycles. The average molecular weight is 220 g/mol. The van der Waals surface area contributed by atoms with Gasteiger partial charge in [-0.3, -0.25) is 0 Å². The van der Waals surface area contributed by atoms with Gasteiger partial charge in [-0.05, 0) is 24.6 Å². The fourth-order valence-electron chi connectivity index (χ4n) is 1.06. The number of phenolic OH excluding ortho intramolecular Hbond substituents is 1. The fourth-order valence-corrected chi connectivity index (χ4v) is 1.28. The second-order valence-electron chi connectivity index (χ2n) is 3.14. The molecule has 4 N–H and O–H groups in total. The zero-order valence-corrected chi connectivity index (χ0v) is 8.29. The summed E-state index contributed by atoms with van der Waals surface area (Å²) in [5.74, 6) is -1.49. The number of aromatic hydroxyl groups is 1. The third-order valence-corrected chi connectivity index (χ3v) is 2.17. The number of aliphatic hydroxyl groups is 1. The Kier molecular flexibility index (Phi) is 3.31. The van der Waals surface area contributed by atoms with Gasteiger partial charge >= 0.3 is 0 Å². The van der Waals surface area contributed by atoms with E-state index in [-0.39, 0.29) is 10.6 Å². The smallest absolute Gasteiger partial charge is 0.170 e. The van der Waals surface area contributed by atoms with Gasteiger partial charge in [0.1, 0.15) is 0 Å². The van der Waals surface area contributed by atoms with Crippen LogP contribution in [0.2, 0.25) is 5.02 Å². The zero-order chi connectivity index (χ0) is 10.9. The molecular weight excluding hydrogens is 209 g/mol. The van der Waals surface area contributed by atoms with Crippen LogP contribution >= 0.6 is 11.6 Å². The molecule has 0 aromatic heterocycles. The maximum atomic E-state index is 13.0. The Morgan fingerprint density at radius 3 is 2.50 bits per heavy atom. The van der Waals surface area contributed by atoms with E-state index >= 15 is 0 Å². The van der Waals surface area contributed by atoms with E-state index in [1.165, 1.54) is 6.07 Å². The van der Waals surface area contributed by atoms with Crippen molar-refractivity contribution in [3.8, 4) is 5.75 Å². The van der Waals surface area contributed by atoms with Crippen molar-refractivity contribution in [1.82, 2.24) is 0 Å². The molecular formula is C9H11ClFNO2. The lowest BCUT2D eigenvalue weighted by atomic mass is 10.0. The van der Waals surface area contributed by atoms with Gasteiger partial charge in [-0.2, -0.15) is 0 Å². The summed E-state index contributed by atoms with van der Waals surface area (Å²) in [6, 6.07) is 1.76. The lowest BCUT2D eigenvalue weighted by Gasteiger charge is -2.15. The van der Waals surface area contributed by atoms with Crippen LogP contribution in [0.4, 0.5) is 4.39 Å². The Balaban J connectivity index is 3.12. The standard InChI is InChI=1S/C9H11ClFNO2/c1-4(12)8(13)5-2-6(10)9(14)7(11)3-5/h2-4,8,13-14H,12H2,1H3/t4-,8+/m0/s1. The van der Waals surface area contributed by atoms with Crippen LogP contribution in [0.3, 0.4) is 0 Å². The van der Waals surface area contributed by atoms with Crippen LogP contribution < -0.4 is 5.73 Å². The summed E-state index contributed by atoms with van der Waals surface area (Å²) < 4.78 is 13.0. The minimum Gasteiger partial charge on any atom is -0.504 e. The van der Waals surface area contributed by atoms with Crippen LogP contribution in [0, 0.1) is 5.82 Å². The van der Waals surface area contributed by atoms with E-state index in [1.807, 2.05) is 0 Å². The highest BCUT2D eigenvalue weighted by molar-refractivity contribution is 6.32. The topological polar surface area (TPSA) is 66.5 Å². The summed E-state index contributed by atoms with van der Waals surface area (Å²) in [4.78, 5) is 0. The molecule has 0 bridgehead atoms. The molecule has 2 atom stereocenters. The number of hydrogen-bond acceptors (Lipinski definition) is 3. The van der Waals surface area contributed by atoms with E-state index in [1.54, 1.807) is 6.92 Å². The molecule has 78 valence electrons. The highest BCUT2D eigenvalue weighted by atomic mass is 35.5. The van der Waals surface area contributed by atoms with E-state index < -0.39 is 23.7 Å². The van der Waals surface area contributed by atoms with Crippen molar-refractivity contribution in [2.75, 3.05) is 0 Å². The van der Waals surface area contributed by atoms with Crippen LogP contribution in [0.25, 0.3) is 0 Å². The quantitative estimate of drug-likeness (QED) is 0.707. The Hall–Kier alpha value is -0.840. The highest BCUT2D eigenvalue weighted by Crippen LogP contribution is 2.30. The van der Waals surface area contributed by atoms with Gasteiger partial charge in [0, 0.05) is 6.04 Å². The summed E-state index contributed by atoms with van der Waals surface area (Å²) in [6.07, 6.45) is -0.998. The molecule has 0 heterocycles. The first kappa shape index (κ1) is 11.2. The summed E-state index contributed by atoms with van der Waals surface area (Å²) in [5.41, 5.74) is 5.68. The van der Waals surface area contributed by atoms with Crippen LogP contribution in [-0.4, -0.2) is 16.3 Å². The average Bonchev–Trinajstić information content (AvgIpc) is 2.12. The molecule has 0 saturated heterocycles. The second-order valence-corrected chi connectivity index (χ2v) is 3.54. The largest absolute Gasteiger partial charge is 0.504 e. The molecule has 1 aromatic carbocycles. The number of halogens is 2. The molecule has 5 heteroatoms. The Bertz CT molecular complexity index is 321. The second kappa shape index (κ2) is 4.13. The van der Waals surface area contributed by atoms with Gasteiger partial charge in [0.25, 0.3) is 0 Å². The molecule has 3 nitrogen and oxygen atoms in total. The molecule has 1 aromatic rings. The lowest BCUT2D eigenvalue weighted by molar-refractivity contribution is 0.153. The van der Waals surface area contributed by atoms with Crippen LogP contribution in [0.15, 0.2) is 12.1 Å². The maximum Gasteiger partial charge on any atom is 0.170 e. The van der Waals surface area contributed by atoms with Crippen molar-refractivity contribution in [3.63, 3.8) is 0 Å². The maximum absolute atomic E-state index is 13.0. The van der Waals surface area contributed by atoms with Gasteiger partial charge < -0.3 is 15.9 Å². The number of nitrogens with two attached hydrogens (primary N) is 1. The molecule has 0 aliphatic heterocycles. The molecule has 0 radical (unpaired) electrons. The summed E-state index contributed by atoms with van der Waals surface area (Å²) >= 11 is 5.53. The molecule has 0 saturated carbocycles. The normalized spacial score (nSPS) is 15.2. The van der Waals surface area contributed by atoms with Gasteiger partial charge in [-0.15, -0.1) is 0 Å². The van der Waals surface area contributed by atoms with Gasteiger partial charge in [0.2, 0.25) is 0 Å². The van der Waals surface area contributed by atoms with Crippen molar-refractivity contribution >= 4 is 11.6 Å². The first-order valence-electron chi connectivity index (χ1n) is 4.05. The zero-order valence-electron chi connectivity index (χ0n) is 7.54. The Morgan fingerprint density at radius 1 is 1.50 bits per heavy atom. The van der Waals surface area contributed by atoms with Crippen molar-refractivity contribution in [3.05, 3.63) is 28.5 Å². The van der Waals surface area contributed by atoms with Crippen LogP contribution in [0.1, 0.15) is 18.6 Å². The summed E-state index contributed by atoms with van der Waals surface area (Å²) in [5, 5.41) is 18.4. The minimum atomic E-state index is -0.998. The SMILES string of the molecule is C[C@H](N)[C@@H](O)c1cc(F)c(O)c(Cl)c1. The Morgan fingerprint density at radius 2 is 2.07 bits per heavy atom. The van der Waals surface area contributed by atoms with E-state index in [4.69, 9.17) is 22.4 Å². The van der Waals surface area contributed by atoms with Crippen molar-refractivity contribution in [2.45, 2.75) is 19.1 Å². The predicted molar refractivity (Wildman–Crippen MR) is 51.7 cm³/mol. The summed E-state index contributed by atoms with van der Waals surface area (Å²) in [7, 11) is 0. The third-order valence-electron chi connectivity index (χ3n) is 1.88.